The van der Waals surface area contributed by atoms with E-state index < -0.39 is 0 Å². The molecule has 3 rings (SSSR count). The highest BCUT2D eigenvalue weighted by molar-refractivity contribution is 5.78. The van der Waals surface area contributed by atoms with Crippen LogP contribution in [0.15, 0.2) is 28.8 Å². The van der Waals surface area contributed by atoms with E-state index in [0.29, 0.717) is 24.2 Å². The predicted molar refractivity (Wildman–Crippen MR) is 119 cm³/mol. The third-order valence-electron chi connectivity index (χ3n) is 5.82. The summed E-state index contributed by atoms with van der Waals surface area (Å²) >= 11 is 0. The molecule has 0 unspecified atom stereocenters. The molecule has 2 heterocycles. The largest absolute Gasteiger partial charge is 0.356 e. The third kappa shape index (κ3) is 6.14. The topological polar surface area (TPSA) is 71.3 Å². The van der Waals surface area contributed by atoms with E-state index in [0.717, 1.165) is 44.5 Å². The van der Waals surface area contributed by atoms with E-state index >= 15 is 0 Å². The van der Waals surface area contributed by atoms with Gasteiger partial charge in [-0.05, 0) is 49.2 Å². The van der Waals surface area contributed by atoms with Crippen LogP contribution in [0.3, 0.4) is 0 Å². The van der Waals surface area contributed by atoms with Crippen molar-refractivity contribution in [3.8, 4) is 11.4 Å². The Morgan fingerprint density at radius 2 is 1.87 bits per heavy atom. The minimum Gasteiger partial charge on any atom is -0.356 e. The van der Waals surface area contributed by atoms with Gasteiger partial charge < -0.3 is 9.84 Å². The van der Waals surface area contributed by atoms with Crippen LogP contribution in [0.25, 0.3) is 11.4 Å². The summed E-state index contributed by atoms with van der Waals surface area (Å²) in [5.41, 5.74) is 2.37. The summed E-state index contributed by atoms with van der Waals surface area (Å²) in [7, 11) is 0. The van der Waals surface area contributed by atoms with Gasteiger partial charge in [0, 0.05) is 18.0 Å². The lowest BCUT2D eigenvalue weighted by Crippen LogP contribution is -2.40. The highest BCUT2D eigenvalue weighted by atomic mass is 16.5. The van der Waals surface area contributed by atoms with Gasteiger partial charge in [0.25, 0.3) is 0 Å². The Kier molecular flexibility index (Phi) is 7.29. The molecule has 1 aliphatic rings. The molecule has 1 saturated heterocycles. The monoisotopic (exact) mass is 412 g/mol. The molecule has 1 aromatic heterocycles. The minimum atomic E-state index is 0.119. The zero-order valence-electron chi connectivity index (χ0n) is 19.1. The Bertz CT molecular complexity index is 812. The summed E-state index contributed by atoms with van der Waals surface area (Å²) in [6.45, 7) is 14.1. The number of hydrogen-bond donors (Lipinski definition) is 1. The zero-order valence-corrected chi connectivity index (χ0v) is 19.1. The van der Waals surface area contributed by atoms with Crippen molar-refractivity contribution in [3.63, 3.8) is 0 Å². The van der Waals surface area contributed by atoms with Crippen molar-refractivity contribution in [2.24, 2.45) is 11.8 Å². The Labute approximate surface area is 180 Å². The summed E-state index contributed by atoms with van der Waals surface area (Å²) in [6, 6.07) is 8.36. The molecule has 0 spiro atoms. The quantitative estimate of drug-likeness (QED) is 0.729. The number of nitrogens with one attached hydrogen (secondary N) is 1. The molecule has 1 aromatic carbocycles. The smallest absolute Gasteiger partial charge is 0.241 e. The van der Waals surface area contributed by atoms with Crippen LogP contribution in [0, 0.1) is 11.8 Å². The number of nitrogens with zero attached hydrogens (tertiary/aromatic N) is 3. The molecule has 1 N–H and O–H groups in total. The molecule has 0 saturated carbocycles. The van der Waals surface area contributed by atoms with Crippen LogP contribution >= 0.6 is 0 Å². The maximum absolute atomic E-state index is 12.3. The molecule has 164 valence electrons. The van der Waals surface area contributed by atoms with E-state index in [1.807, 2.05) is 0 Å². The molecule has 0 atom stereocenters. The van der Waals surface area contributed by atoms with Gasteiger partial charge in [0.1, 0.15) is 0 Å². The van der Waals surface area contributed by atoms with Crippen LogP contribution in [0.1, 0.15) is 65.3 Å². The molecule has 1 aliphatic heterocycles. The Balaban J connectivity index is 1.48. The number of piperidine rings is 1. The van der Waals surface area contributed by atoms with E-state index in [1.165, 1.54) is 5.56 Å². The first-order valence-corrected chi connectivity index (χ1v) is 11.2. The van der Waals surface area contributed by atoms with Gasteiger partial charge in [0.05, 0.1) is 6.54 Å². The molecule has 0 bridgehead atoms. The Hall–Kier alpha value is -2.21. The number of likely N-dealkylation sites (tertiary alicyclic amines) is 1. The normalized spacial score (nSPS) is 16.2. The molecule has 1 fully saturated rings. The van der Waals surface area contributed by atoms with Crippen molar-refractivity contribution in [2.75, 3.05) is 19.6 Å². The molecule has 6 nitrogen and oxygen atoms in total. The van der Waals surface area contributed by atoms with E-state index in [9.17, 15) is 4.79 Å². The van der Waals surface area contributed by atoms with Gasteiger partial charge in [-0.1, -0.05) is 64.0 Å². The van der Waals surface area contributed by atoms with Crippen molar-refractivity contribution in [1.82, 2.24) is 20.4 Å². The van der Waals surface area contributed by atoms with Crippen molar-refractivity contribution >= 4 is 5.91 Å². The second-order valence-electron chi connectivity index (χ2n) is 9.86. The number of aromatic nitrogens is 2. The fourth-order valence-corrected chi connectivity index (χ4v) is 3.73. The SMILES string of the molecule is CC(C)CCNC(=O)C1CCN(Cc2nc(-c3ccc(C(C)(C)C)cc3)no2)CC1. The maximum Gasteiger partial charge on any atom is 0.241 e. The van der Waals surface area contributed by atoms with Crippen LogP contribution in [0.5, 0.6) is 0 Å². The van der Waals surface area contributed by atoms with Gasteiger partial charge in [-0.25, -0.2) is 0 Å². The first-order chi connectivity index (χ1) is 14.2. The molecule has 30 heavy (non-hydrogen) atoms. The van der Waals surface area contributed by atoms with Gasteiger partial charge in [-0.15, -0.1) is 0 Å². The average Bonchev–Trinajstić information content (AvgIpc) is 3.16. The third-order valence-corrected chi connectivity index (χ3v) is 5.82. The van der Waals surface area contributed by atoms with E-state index in [4.69, 9.17) is 4.52 Å². The number of rotatable bonds is 7. The number of hydrogen-bond acceptors (Lipinski definition) is 5. The van der Waals surface area contributed by atoms with Crippen LogP contribution < -0.4 is 5.32 Å². The molecule has 1 amide bonds. The molecular formula is C24H36N4O2. The second kappa shape index (κ2) is 9.73. The first-order valence-electron chi connectivity index (χ1n) is 11.2. The van der Waals surface area contributed by atoms with E-state index in [2.05, 4.69) is 79.2 Å². The van der Waals surface area contributed by atoms with Gasteiger partial charge in [0.15, 0.2) is 0 Å². The Morgan fingerprint density at radius 1 is 1.20 bits per heavy atom. The minimum absolute atomic E-state index is 0.119. The van der Waals surface area contributed by atoms with Crippen molar-refractivity contribution in [1.29, 1.82) is 0 Å². The predicted octanol–water partition coefficient (Wildman–Crippen LogP) is 4.41. The molecule has 0 aliphatic carbocycles. The summed E-state index contributed by atoms with van der Waals surface area (Å²) < 4.78 is 5.49. The van der Waals surface area contributed by atoms with Gasteiger partial charge in [-0.3, -0.25) is 9.69 Å². The number of carbonyl (C=O) groups is 1. The van der Waals surface area contributed by atoms with Crippen LogP contribution in [-0.2, 0) is 16.8 Å². The van der Waals surface area contributed by atoms with E-state index in [1.54, 1.807) is 0 Å². The van der Waals surface area contributed by atoms with Gasteiger partial charge in [-0.2, -0.15) is 4.98 Å². The van der Waals surface area contributed by atoms with E-state index in [-0.39, 0.29) is 17.2 Å². The van der Waals surface area contributed by atoms with Gasteiger partial charge in [0.2, 0.25) is 17.6 Å². The van der Waals surface area contributed by atoms with Crippen LogP contribution in [0.2, 0.25) is 0 Å². The molecule has 6 heteroatoms. The maximum atomic E-state index is 12.3. The lowest BCUT2D eigenvalue weighted by Gasteiger charge is -2.30. The summed E-state index contributed by atoms with van der Waals surface area (Å²) in [4.78, 5) is 19.2. The summed E-state index contributed by atoms with van der Waals surface area (Å²) in [5, 5.41) is 7.24. The lowest BCUT2D eigenvalue weighted by molar-refractivity contribution is -0.126. The van der Waals surface area contributed by atoms with Crippen LogP contribution in [-0.4, -0.2) is 40.6 Å². The lowest BCUT2D eigenvalue weighted by atomic mass is 9.87. The number of carbonyl (C=O) groups excluding carboxylic acids is 1. The molecular weight excluding hydrogens is 376 g/mol. The van der Waals surface area contributed by atoms with Crippen molar-refractivity contribution in [3.05, 3.63) is 35.7 Å². The zero-order chi connectivity index (χ0) is 21.7. The number of amides is 1. The van der Waals surface area contributed by atoms with Crippen molar-refractivity contribution in [2.45, 2.75) is 65.8 Å². The van der Waals surface area contributed by atoms with Crippen molar-refractivity contribution < 1.29 is 9.32 Å². The second-order valence-corrected chi connectivity index (χ2v) is 9.86. The average molecular weight is 413 g/mol. The summed E-state index contributed by atoms with van der Waals surface area (Å²) in [6.07, 6.45) is 2.79. The Morgan fingerprint density at radius 3 is 2.47 bits per heavy atom. The summed E-state index contributed by atoms with van der Waals surface area (Å²) in [5.74, 6) is 2.19. The number of benzene rings is 1. The van der Waals surface area contributed by atoms with Crippen LogP contribution in [0.4, 0.5) is 0 Å². The highest BCUT2D eigenvalue weighted by Crippen LogP contribution is 2.25. The highest BCUT2D eigenvalue weighted by Gasteiger charge is 2.26. The molecule has 2 aromatic rings. The molecule has 0 radical (unpaired) electrons. The first kappa shape index (κ1) is 22.5. The fourth-order valence-electron chi connectivity index (χ4n) is 3.73. The van der Waals surface area contributed by atoms with Gasteiger partial charge >= 0.3 is 0 Å². The fraction of sp³-hybridized carbons (Fsp3) is 0.625. The standard InChI is InChI=1S/C24H36N4O2/c1-17(2)10-13-25-23(29)19-11-14-28(15-12-19)16-21-26-22(27-30-21)18-6-8-20(9-7-18)24(3,4)5/h6-9,17,19H,10-16H2,1-5H3,(H,25,29).